The summed E-state index contributed by atoms with van der Waals surface area (Å²) in [6.45, 7) is 4.54. The van der Waals surface area contributed by atoms with E-state index in [1.54, 1.807) is 45.0 Å². The maximum absolute atomic E-state index is 9.41. The Balaban J connectivity index is -0.000000136. The topological polar surface area (TPSA) is 241 Å². The minimum absolute atomic E-state index is 0.384. The van der Waals surface area contributed by atoms with Gasteiger partial charge >= 0.3 is 145 Å². The van der Waals surface area contributed by atoms with Gasteiger partial charge in [-0.3, -0.25) is 0 Å². The third-order valence-corrected chi connectivity index (χ3v) is 6.15. The number of rotatable bonds is 18. The predicted octanol–water partition coefficient (Wildman–Crippen LogP) is -3.01. The quantitative estimate of drug-likeness (QED) is 0.0765. The standard InChI is InChI=1S/2C8H17.3C4H4O4.2Sn/c2*1-3-5-7-8-6-4-2;3*5-3(6)1-2-4(7)8;;/h2*1,3-8H2,2H3;3*1-2H,(H,5,6)(H,7,8);;/q;;;;;2*+3/p-6/b;;3*2-1-;;. The Morgan fingerprint density at radius 2 is 0.548 bits per heavy atom. The molecule has 14 heteroatoms. The summed E-state index contributed by atoms with van der Waals surface area (Å²) >= 11 is 3.42. The van der Waals surface area contributed by atoms with Gasteiger partial charge in [0.25, 0.3) is 0 Å². The van der Waals surface area contributed by atoms with Gasteiger partial charge in [0.2, 0.25) is 0 Å². The zero-order valence-electron chi connectivity index (χ0n) is 24.3. The van der Waals surface area contributed by atoms with Crippen LogP contribution in [0.25, 0.3) is 0 Å². The number of carbonyl (C=O) groups excluding carboxylic acids is 6. The largest absolute Gasteiger partial charge is 0.545 e. The van der Waals surface area contributed by atoms with Crippen LogP contribution in [0.2, 0.25) is 8.87 Å². The smallest absolute Gasteiger partial charge is 0.0643 e. The van der Waals surface area contributed by atoms with E-state index in [-0.39, 0.29) is 0 Å². The monoisotopic (exact) mass is 808 g/mol. The van der Waals surface area contributed by atoms with Gasteiger partial charge in [0, 0.05) is 0 Å². The fraction of sp³-hybridized carbons (Fsp3) is 0.571. The van der Waals surface area contributed by atoms with E-state index < -0.39 is 35.8 Å². The summed E-state index contributed by atoms with van der Waals surface area (Å²) in [5.74, 6) is -9.28. The molecule has 0 aliphatic rings. The van der Waals surface area contributed by atoms with E-state index in [2.05, 4.69) is 13.8 Å². The molecule has 0 fully saturated rings. The van der Waals surface area contributed by atoms with E-state index in [9.17, 15) is 59.4 Å². The number of carboxylic acid groups (broad SMARTS) is 6. The van der Waals surface area contributed by atoms with Gasteiger partial charge in [-0.1, -0.05) is 0 Å². The van der Waals surface area contributed by atoms with Crippen molar-refractivity contribution in [2.45, 2.75) is 99.8 Å². The van der Waals surface area contributed by atoms with Crippen molar-refractivity contribution in [1.29, 1.82) is 0 Å². The van der Waals surface area contributed by atoms with Crippen LogP contribution in [0, 0.1) is 0 Å². The normalized spacial score (nSPS) is 9.76. The summed E-state index contributed by atoms with van der Waals surface area (Å²) in [6, 6.07) is 0. The summed E-state index contributed by atoms with van der Waals surface area (Å²) < 4.78 is 2.91. The number of hydrogen-bond acceptors (Lipinski definition) is 12. The van der Waals surface area contributed by atoms with Crippen molar-refractivity contribution in [3.05, 3.63) is 36.5 Å². The van der Waals surface area contributed by atoms with E-state index in [1.807, 2.05) is 0 Å². The fourth-order valence-electron chi connectivity index (χ4n) is 2.22. The van der Waals surface area contributed by atoms with Crippen LogP contribution < -0.4 is 30.6 Å². The van der Waals surface area contributed by atoms with E-state index in [0.29, 0.717) is 36.5 Å². The van der Waals surface area contributed by atoms with Gasteiger partial charge in [-0.15, -0.1) is 0 Å². The average Bonchev–Trinajstić information content (AvgIpc) is 2.91. The number of aliphatic carboxylic acids is 6. The Kier molecular flexibility index (Phi) is 50.6. The molecule has 0 saturated carbocycles. The summed E-state index contributed by atoms with van der Waals surface area (Å²) in [4.78, 5) is 56.5. The molecule has 0 heterocycles. The Hall–Kier alpha value is -2.36. The second kappa shape index (κ2) is 43.1. The molecular weight excluding hydrogens is 766 g/mol. The number of hydrogen-bond donors (Lipinski definition) is 0. The molecular formula is C28H40O12Sn2. The molecule has 0 unspecified atom stereocenters. The molecule has 0 aromatic rings. The second-order valence-corrected chi connectivity index (χ2v) is 10.8. The second-order valence-electron chi connectivity index (χ2n) is 7.95. The molecule has 0 amide bonds. The molecule has 0 aromatic heterocycles. The van der Waals surface area contributed by atoms with Crippen LogP contribution in [0.3, 0.4) is 0 Å². The van der Waals surface area contributed by atoms with Gasteiger partial charge in [-0.2, -0.15) is 0 Å². The first kappa shape index (κ1) is 49.3. The first-order valence-corrected chi connectivity index (χ1v) is 17.3. The van der Waals surface area contributed by atoms with Gasteiger partial charge in [0.05, 0.1) is 35.8 Å². The average molecular weight is 806 g/mol. The predicted molar refractivity (Wildman–Crippen MR) is 145 cm³/mol. The maximum atomic E-state index is 9.41. The molecule has 232 valence electrons. The molecule has 0 spiro atoms. The molecule has 0 saturated heterocycles. The van der Waals surface area contributed by atoms with E-state index in [0.717, 1.165) is 0 Å². The van der Waals surface area contributed by atoms with Crippen molar-refractivity contribution in [2.75, 3.05) is 0 Å². The zero-order valence-corrected chi connectivity index (χ0v) is 30.0. The first-order chi connectivity index (χ1) is 19.7. The summed E-state index contributed by atoms with van der Waals surface area (Å²) in [5.41, 5.74) is 0. The van der Waals surface area contributed by atoms with Gasteiger partial charge in [0.1, 0.15) is 0 Å². The van der Waals surface area contributed by atoms with Crippen molar-refractivity contribution < 1.29 is 59.4 Å². The van der Waals surface area contributed by atoms with Gasteiger partial charge in [-0.25, -0.2) is 0 Å². The van der Waals surface area contributed by atoms with Gasteiger partial charge in [-0.05, 0) is 36.5 Å². The zero-order chi connectivity index (χ0) is 33.6. The third kappa shape index (κ3) is 83.2. The van der Waals surface area contributed by atoms with Crippen LogP contribution in [0.4, 0.5) is 0 Å². The van der Waals surface area contributed by atoms with Crippen molar-refractivity contribution >= 4 is 80.9 Å². The molecule has 0 aliphatic heterocycles. The first-order valence-electron chi connectivity index (χ1n) is 13.3. The van der Waals surface area contributed by atoms with E-state index >= 15 is 0 Å². The summed E-state index contributed by atoms with van der Waals surface area (Å²) in [7, 11) is 0. The van der Waals surface area contributed by atoms with Crippen molar-refractivity contribution in [3.8, 4) is 0 Å². The van der Waals surface area contributed by atoms with Crippen LogP contribution in [0.15, 0.2) is 36.5 Å². The van der Waals surface area contributed by atoms with Crippen LogP contribution in [0.1, 0.15) is 90.9 Å². The summed E-state index contributed by atoms with van der Waals surface area (Å²) in [5, 5.41) is 56.5. The van der Waals surface area contributed by atoms with Crippen molar-refractivity contribution in [2.24, 2.45) is 0 Å². The minimum Gasteiger partial charge on any atom is -0.545 e. The Morgan fingerprint density at radius 1 is 0.381 bits per heavy atom. The van der Waals surface area contributed by atoms with Crippen molar-refractivity contribution in [3.63, 3.8) is 0 Å². The Bertz CT molecular complexity index is 639. The van der Waals surface area contributed by atoms with Crippen LogP contribution in [-0.2, 0) is 28.8 Å². The molecule has 0 atom stereocenters. The fourth-order valence-corrected chi connectivity index (χ4v) is 3.65. The van der Waals surface area contributed by atoms with E-state index in [1.165, 1.54) is 85.9 Å². The van der Waals surface area contributed by atoms with Crippen molar-refractivity contribution in [1.82, 2.24) is 0 Å². The molecule has 42 heavy (non-hydrogen) atoms. The van der Waals surface area contributed by atoms with E-state index in [4.69, 9.17) is 0 Å². The van der Waals surface area contributed by atoms with Gasteiger partial charge in [0.15, 0.2) is 0 Å². The molecule has 12 nitrogen and oxygen atoms in total. The van der Waals surface area contributed by atoms with Crippen LogP contribution in [0.5, 0.6) is 0 Å². The molecule has 0 radical (unpaired) electrons. The molecule has 0 rings (SSSR count). The number of unbranched alkanes of at least 4 members (excludes halogenated alkanes) is 10. The number of carboxylic acids is 6. The summed E-state index contributed by atoms with van der Waals surface area (Å²) in [6.07, 6.45) is 19.7. The molecule has 0 bridgehead atoms. The number of carbonyl (C=O) groups is 6. The minimum atomic E-state index is -1.55. The van der Waals surface area contributed by atoms with Crippen LogP contribution in [-0.4, -0.2) is 80.9 Å². The molecule has 0 N–H and O–H groups in total. The molecule has 0 aromatic carbocycles. The van der Waals surface area contributed by atoms with Gasteiger partial charge < -0.3 is 59.4 Å². The SMILES string of the molecule is CCCCCCC[CH2][Sn+3].CCCCCCC[CH2][Sn+3].O=C([O-])/C=C\C(=O)[O-].O=C([O-])/C=C\C(=O)[O-].O=C([O-])/C=C\C(=O)[O-]. The molecule has 0 aliphatic carbocycles. The maximum Gasteiger partial charge on any atom is 0.0643 e. The Labute approximate surface area is 275 Å². The Morgan fingerprint density at radius 3 is 0.690 bits per heavy atom. The van der Waals surface area contributed by atoms with Crippen LogP contribution >= 0.6 is 0 Å². The third-order valence-electron chi connectivity index (χ3n) is 4.13.